The number of allylic oxidation sites excluding steroid dienone is 1. The summed E-state index contributed by atoms with van der Waals surface area (Å²) in [6, 6.07) is 10.8. The van der Waals surface area contributed by atoms with Crippen molar-refractivity contribution in [1.29, 1.82) is 0 Å². The zero-order chi connectivity index (χ0) is 22.5. The molecule has 0 saturated heterocycles. The predicted octanol–water partition coefficient (Wildman–Crippen LogP) is 6.56. The molecule has 2 N–H and O–H groups in total. The number of benzene rings is 1. The summed E-state index contributed by atoms with van der Waals surface area (Å²) >= 11 is 0. The van der Waals surface area contributed by atoms with Crippen LogP contribution in [0.25, 0.3) is 0 Å². The van der Waals surface area contributed by atoms with Gasteiger partial charge >= 0.3 is 0 Å². The van der Waals surface area contributed by atoms with Gasteiger partial charge in [-0.25, -0.2) is 0 Å². The fraction of sp³-hybridized carbons (Fsp3) is 0.733. The molecule has 0 aliphatic heterocycles. The van der Waals surface area contributed by atoms with Crippen LogP contribution in [0.2, 0.25) is 0 Å². The molecule has 4 aliphatic rings. The standard InChI is InChI=1S/C30H44O2/c1-20(31)24(11-9-21-7-5-4-6-8-21)26-13-14-27-25-12-10-22-19-23(32)15-17-29(22,2)28(25)16-18-30(26,27)3/h4-8,10,20,23-28,31-32H,9,11-19H2,1-3H3/t20?,23-,24?,25-,26?,27-,28-,29-,30+/m0/s1. The van der Waals surface area contributed by atoms with E-state index in [-0.39, 0.29) is 12.2 Å². The van der Waals surface area contributed by atoms with E-state index in [1.54, 1.807) is 5.57 Å². The first kappa shape index (κ1) is 22.7. The third-order valence-corrected chi connectivity index (χ3v) is 10.9. The van der Waals surface area contributed by atoms with Crippen molar-refractivity contribution < 1.29 is 10.2 Å². The van der Waals surface area contributed by atoms with Crippen LogP contribution in [0.3, 0.4) is 0 Å². The zero-order valence-electron chi connectivity index (χ0n) is 20.5. The van der Waals surface area contributed by atoms with E-state index in [0.29, 0.717) is 22.7 Å². The van der Waals surface area contributed by atoms with Crippen molar-refractivity contribution in [2.24, 2.45) is 40.4 Å². The summed E-state index contributed by atoms with van der Waals surface area (Å²) in [6.45, 7) is 7.16. The number of hydrogen-bond acceptors (Lipinski definition) is 2. The van der Waals surface area contributed by atoms with Crippen molar-refractivity contribution in [2.75, 3.05) is 0 Å². The van der Waals surface area contributed by atoms with Gasteiger partial charge in [0.2, 0.25) is 0 Å². The molecule has 0 spiro atoms. The van der Waals surface area contributed by atoms with Gasteiger partial charge in [0.15, 0.2) is 0 Å². The molecule has 0 bridgehead atoms. The van der Waals surface area contributed by atoms with E-state index in [0.717, 1.165) is 43.4 Å². The highest BCUT2D eigenvalue weighted by molar-refractivity contribution is 5.25. The Labute approximate surface area is 195 Å². The average Bonchev–Trinajstić information content (AvgIpc) is 3.12. The smallest absolute Gasteiger partial charge is 0.0577 e. The van der Waals surface area contributed by atoms with E-state index in [2.05, 4.69) is 50.3 Å². The molecular weight excluding hydrogens is 392 g/mol. The van der Waals surface area contributed by atoms with E-state index < -0.39 is 0 Å². The second kappa shape index (κ2) is 8.58. The molecule has 2 nitrogen and oxygen atoms in total. The van der Waals surface area contributed by atoms with Crippen LogP contribution in [0.4, 0.5) is 0 Å². The van der Waals surface area contributed by atoms with Crippen LogP contribution >= 0.6 is 0 Å². The molecule has 3 unspecified atom stereocenters. The second-order valence-corrected chi connectivity index (χ2v) is 12.3. The first-order valence-electron chi connectivity index (χ1n) is 13.4. The molecule has 2 heteroatoms. The predicted molar refractivity (Wildman–Crippen MR) is 131 cm³/mol. The van der Waals surface area contributed by atoms with Gasteiger partial charge in [-0.15, -0.1) is 0 Å². The Hall–Kier alpha value is -1.12. The molecule has 0 amide bonds. The third kappa shape index (κ3) is 3.70. The van der Waals surface area contributed by atoms with Gasteiger partial charge in [-0.05, 0) is 117 Å². The van der Waals surface area contributed by atoms with Crippen molar-refractivity contribution in [3.8, 4) is 0 Å². The Morgan fingerprint density at radius 1 is 1.00 bits per heavy atom. The summed E-state index contributed by atoms with van der Waals surface area (Å²) < 4.78 is 0. The van der Waals surface area contributed by atoms with Gasteiger partial charge < -0.3 is 10.2 Å². The van der Waals surface area contributed by atoms with Crippen molar-refractivity contribution in [3.05, 3.63) is 47.5 Å². The lowest BCUT2D eigenvalue weighted by molar-refractivity contribution is -0.0690. The summed E-state index contributed by atoms with van der Waals surface area (Å²) in [5.74, 6) is 3.43. The van der Waals surface area contributed by atoms with Gasteiger partial charge in [0.25, 0.3) is 0 Å². The van der Waals surface area contributed by atoms with Gasteiger partial charge in [0.1, 0.15) is 0 Å². The topological polar surface area (TPSA) is 40.5 Å². The maximum Gasteiger partial charge on any atom is 0.0577 e. The molecular formula is C30H44O2. The van der Waals surface area contributed by atoms with E-state index in [1.165, 1.54) is 44.1 Å². The lowest BCUT2D eigenvalue weighted by atomic mass is 9.46. The molecule has 3 fully saturated rings. The summed E-state index contributed by atoms with van der Waals surface area (Å²) in [6.07, 6.45) is 13.9. The van der Waals surface area contributed by atoms with E-state index in [1.807, 2.05) is 6.92 Å². The van der Waals surface area contributed by atoms with E-state index in [4.69, 9.17) is 0 Å². The Morgan fingerprint density at radius 3 is 2.53 bits per heavy atom. The van der Waals surface area contributed by atoms with Gasteiger partial charge in [0.05, 0.1) is 12.2 Å². The van der Waals surface area contributed by atoms with E-state index in [9.17, 15) is 10.2 Å². The van der Waals surface area contributed by atoms with Crippen molar-refractivity contribution in [1.82, 2.24) is 0 Å². The van der Waals surface area contributed by atoms with E-state index >= 15 is 0 Å². The van der Waals surface area contributed by atoms with Gasteiger partial charge in [-0.3, -0.25) is 0 Å². The Bertz CT molecular complexity index is 828. The highest BCUT2D eigenvalue weighted by atomic mass is 16.3. The maximum atomic E-state index is 10.9. The monoisotopic (exact) mass is 436 g/mol. The van der Waals surface area contributed by atoms with Crippen LogP contribution in [0.1, 0.15) is 84.1 Å². The second-order valence-electron chi connectivity index (χ2n) is 12.3. The maximum absolute atomic E-state index is 10.9. The number of aryl methyl sites for hydroxylation is 1. The SMILES string of the molecule is CC(O)C(CCc1ccccc1)C1CC[C@H]2[C@@H]3CC=C4C[C@@H](O)CC[C@]4(C)[C@H]3CC[C@]12C. The van der Waals surface area contributed by atoms with Crippen molar-refractivity contribution in [2.45, 2.75) is 97.2 Å². The lowest BCUT2D eigenvalue weighted by Crippen LogP contribution is -2.51. The zero-order valence-corrected chi connectivity index (χ0v) is 20.5. The minimum atomic E-state index is -0.229. The summed E-state index contributed by atoms with van der Waals surface area (Å²) in [4.78, 5) is 0. The van der Waals surface area contributed by atoms with Crippen molar-refractivity contribution in [3.63, 3.8) is 0 Å². The van der Waals surface area contributed by atoms with Crippen LogP contribution in [0, 0.1) is 40.4 Å². The van der Waals surface area contributed by atoms with Crippen molar-refractivity contribution >= 4 is 0 Å². The fourth-order valence-electron chi connectivity index (χ4n) is 9.14. The normalized spacial score (nSPS) is 42.9. The van der Waals surface area contributed by atoms with Gasteiger partial charge in [-0.1, -0.05) is 55.8 Å². The van der Waals surface area contributed by atoms with Crippen LogP contribution in [0.15, 0.2) is 42.0 Å². The molecule has 32 heavy (non-hydrogen) atoms. The quantitative estimate of drug-likeness (QED) is 0.513. The van der Waals surface area contributed by atoms with Crippen LogP contribution in [-0.2, 0) is 6.42 Å². The number of aliphatic hydroxyl groups is 2. The molecule has 0 heterocycles. The molecule has 1 aromatic rings. The molecule has 5 rings (SSSR count). The molecule has 0 radical (unpaired) electrons. The minimum absolute atomic E-state index is 0.119. The van der Waals surface area contributed by atoms with Gasteiger partial charge in [0, 0.05) is 0 Å². The van der Waals surface area contributed by atoms with Gasteiger partial charge in [-0.2, -0.15) is 0 Å². The first-order chi connectivity index (χ1) is 15.3. The number of aliphatic hydroxyl groups excluding tert-OH is 2. The highest BCUT2D eigenvalue weighted by Gasteiger charge is 2.59. The molecule has 3 saturated carbocycles. The fourth-order valence-corrected chi connectivity index (χ4v) is 9.14. The first-order valence-corrected chi connectivity index (χ1v) is 13.4. The Morgan fingerprint density at radius 2 is 1.78 bits per heavy atom. The summed E-state index contributed by atoms with van der Waals surface area (Å²) in [7, 11) is 0. The third-order valence-electron chi connectivity index (χ3n) is 10.9. The molecule has 1 aromatic carbocycles. The molecule has 0 aromatic heterocycles. The van der Waals surface area contributed by atoms with Crippen LogP contribution in [-0.4, -0.2) is 22.4 Å². The number of rotatable bonds is 5. The highest BCUT2D eigenvalue weighted by Crippen LogP contribution is 2.67. The summed E-state index contributed by atoms with van der Waals surface area (Å²) in [5, 5.41) is 21.1. The Kier molecular flexibility index (Phi) is 6.08. The molecule has 4 aliphatic carbocycles. The van der Waals surface area contributed by atoms with Crippen LogP contribution in [0.5, 0.6) is 0 Å². The van der Waals surface area contributed by atoms with Crippen LogP contribution < -0.4 is 0 Å². The minimum Gasteiger partial charge on any atom is -0.393 e. The lowest BCUT2D eigenvalue weighted by Gasteiger charge is -2.58. The molecule has 9 atom stereocenters. The number of fused-ring (bicyclic) bond motifs is 5. The largest absolute Gasteiger partial charge is 0.393 e. The average molecular weight is 437 g/mol. The number of hydrogen-bond donors (Lipinski definition) is 2. The Balaban J connectivity index is 1.36. The molecule has 176 valence electrons. The summed E-state index contributed by atoms with van der Waals surface area (Å²) in [5.41, 5.74) is 3.66.